The van der Waals surface area contributed by atoms with Crippen molar-refractivity contribution in [3.8, 4) is 0 Å². The Bertz CT molecular complexity index is 283. The highest BCUT2D eigenvalue weighted by molar-refractivity contribution is 7.48. The third-order valence-corrected chi connectivity index (χ3v) is 4.13. The summed E-state index contributed by atoms with van der Waals surface area (Å²) in [5, 5.41) is 0. The lowest BCUT2D eigenvalue weighted by molar-refractivity contribution is 0.0614. The first-order valence-corrected chi connectivity index (χ1v) is 8.94. The summed E-state index contributed by atoms with van der Waals surface area (Å²) in [4.78, 5) is 0. The van der Waals surface area contributed by atoms with E-state index in [4.69, 9.17) is 18.3 Å². The molecule has 0 aromatic rings. The van der Waals surface area contributed by atoms with Gasteiger partial charge in [0.25, 0.3) is 5.95 Å². The molecule has 0 aromatic carbocycles. The summed E-state index contributed by atoms with van der Waals surface area (Å²) in [6, 6.07) is 0. The molecular weight excluding hydrogens is 279 g/mol. The van der Waals surface area contributed by atoms with Crippen LogP contribution in [0.4, 0.5) is 0 Å². The largest absolute Gasteiger partial charge is 0.532 e. The zero-order valence-electron chi connectivity index (χ0n) is 13.1. The van der Waals surface area contributed by atoms with Gasteiger partial charge in [0.2, 0.25) is 0 Å². The van der Waals surface area contributed by atoms with Crippen molar-refractivity contribution in [3.63, 3.8) is 0 Å². The van der Waals surface area contributed by atoms with E-state index in [2.05, 4.69) is 13.5 Å². The maximum Gasteiger partial charge on any atom is 0.532 e. The Hall–Kier alpha value is -0.510. The minimum absolute atomic E-state index is 0.0104. The van der Waals surface area contributed by atoms with Crippen LogP contribution in [-0.2, 0) is 22.9 Å². The molecule has 5 nitrogen and oxygen atoms in total. The van der Waals surface area contributed by atoms with Gasteiger partial charge in [-0.2, -0.15) is 0 Å². The maximum atomic E-state index is 12.0. The zero-order valence-corrected chi connectivity index (χ0v) is 14.0. The number of unbranched alkanes of at least 4 members (excludes halogenated alkanes) is 5. The van der Waals surface area contributed by atoms with Crippen LogP contribution in [0.2, 0.25) is 0 Å². The van der Waals surface area contributed by atoms with E-state index in [1.165, 1.54) is 25.7 Å². The molecule has 0 rings (SSSR count). The van der Waals surface area contributed by atoms with Crippen molar-refractivity contribution in [1.82, 2.24) is 0 Å². The van der Waals surface area contributed by atoms with Gasteiger partial charge in [0.05, 0.1) is 19.8 Å². The number of phosphoric ester groups is 1. The van der Waals surface area contributed by atoms with Crippen LogP contribution in [0.5, 0.6) is 0 Å². The van der Waals surface area contributed by atoms with Crippen LogP contribution in [0.3, 0.4) is 0 Å². The van der Waals surface area contributed by atoms with Crippen molar-refractivity contribution in [3.05, 3.63) is 12.5 Å². The lowest BCUT2D eigenvalue weighted by Crippen LogP contribution is -2.03. The molecule has 0 fully saturated rings. The molecule has 0 atom stereocenters. The quantitative estimate of drug-likeness (QED) is 0.256. The normalized spacial score (nSPS) is 11.3. The molecule has 0 radical (unpaired) electrons. The first-order valence-electron chi connectivity index (χ1n) is 7.48. The molecule has 0 aliphatic rings. The van der Waals surface area contributed by atoms with E-state index >= 15 is 0 Å². The summed E-state index contributed by atoms with van der Waals surface area (Å²) in [7, 11) is -3.57. The smallest absolute Gasteiger partial charge is 0.466 e. The molecule has 120 valence electrons. The number of rotatable bonds is 14. The lowest BCUT2D eigenvalue weighted by atomic mass is 10.1. The highest BCUT2D eigenvalue weighted by Crippen LogP contribution is 2.51. The van der Waals surface area contributed by atoms with Gasteiger partial charge in [-0.05, 0) is 26.8 Å². The Balaban J connectivity index is 3.77. The van der Waals surface area contributed by atoms with Gasteiger partial charge in [-0.25, -0.2) is 4.57 Å². The monoisotopic (exact) mass is 308 g/mol. The molecular formula is C14H29O5P. The summed E-state index contributed by atoms with van der Waals surface area (Å²) in [5.41, 5.74) is 0. The van der Waals surface area contributed by atoms with Crippen molar-refractivity contribution in [1.29, 1.82) is 0 Å². The summed E-state index contributed by atoms with van der Waals surface area (Å²) >= 11 is 0. The van der Waals surface area contributed by atoms with E-state index in [1.54, 1.807) is 13.8 Å². The van der Waals surface area contributed by atoms with Crippen molar-refractivity contribution < 1.29 is 22.9 Å². The fourth-order valence-electron chi connectivity index (χ4n) is 1.63. The van der Waals surface area contributed by atoms with E-state index in [9.17, 15) is 4.57 Å². The van der Waals surface area contributed by atoms with Crippen LogP contribution in [0.25, 0.3) is 0 Å². The Labute approximate surface area is 123 Å². The van der Waals surface area contributed by atoms with Gasteiger partial charge < -0.3 is 9.26 Å². The summed E-state index contributed by atoms with van der Waals surface area (Å²) in [6.45, 7) is 10.2. The summed E-state index contributed by atoms with van der Waals surface area (Å²) in [6.07, 6.45) is 7.04. The Morgan fingerprint density at radius 2 is 1.50 bits per heavy atom. The average Bonchev–Trinajstić information content (AvgIpc) is 2.38. The predicted molar refractivity (Wildman–Crippen MR) is 80.4 cm³/mol. The molecule has 20 heavy (non-hydrogen) atoms. The molecule has 0 aromatic heterocycles. The van der Waals surface area contributed by atoms with E-state index in [0.29, 0.717) is 6.61 Å². The van der Waals surface area contributed by atoms with Gasteiger partial charge in [-0.3, -0.25) is 9.05 Å². The number of hydrogen-bond acceptors (Lipinski definition) is 5. The second kappa shape index (κ2) is 12.2. The minimum Gasteiger partial charge on any atom is -0.466 e. The first-order chi connectivity index (χ1) is 9.58. The molecule has 0 amide bonds. The van der Waals surface area contributed by atoms with E-state index in [-0.39, 0.29) is 19.2 Å². The van der Waals surface area contributed by atoms with Crippen LogP contribution >= 0.6 is 7.82 Å². The summed E-state index contributed by atoms with van der Waals surface area (Å²) < 4.78 is 32.3. The van der Waals surface area contributed by atoms with Crippen LogP contribution in [0, 0.1) is 0 Å². The standard InChI is InChI=1S/C14H29O5P/c1-5-8-9-10-11-12-13-16-14(4)19-20(15,17-6-2)18-7-3/h4-13H2,1-3H3. The Morgan fingerprint density at radius 1 is 0.950 bits per heavy atom. The molecule has 0 N–H and O–H groups in total. The molecule has 0 aliphatic carbocycles. The van der Waals surface area contributed by atoms with Crippen LogP contribution in [0.1, 0.15) is 59.3 Å². The van der Waals surface area contributed by atoms with Crippen molar-refractivity contribution in [2.24, 2.45) is 0 Å². The summed E-state index contributed by atoms with van der Waals surface area (Å²) in [5.74, 6) is -0.0104. The minimum atomic E-state index is -3.57. The van der Waals surface area contributed by atoms with Gasteiger partial charge in [-0.1, -0.05) is 39.0 Å². The molecule has 6 heteroatoms. The van der Waals surface area contributed by atoms with Crippen molar-refractivity contribution >= 4 is 7.82 Å². The zero-order chi connectivity index (χ0) is 15.3. The molecule has 0 aliphatic heterocycles. The van der Waals surface area contributed by atoms with Crippen LogP contribution < -0.4 is 0 Å². The fourth-order valence-corrected chi connectivity index (χ4v) is 2.74. The van der Waals surface area contributed by atoms with Crippen LogP contribution in [-0.4, -0.2) is 19.8 Å². The number of phosphoric acid groups is 1. The second-order valence-corrected chi connectivity index (χ2v) is 5.96. The average molecular weight is 308 g/mol. The molecule has 0 unspecified atom stereocenters. The third kappa shape index (κ3) is 10.3. The number of ether oxygens (including phenoxy) is 1. The van der Waals surface area contributed by atoms with E-state index in [1.807, 2.05) is 0 Å². The van der Waals surface area contributed by atoms with Crippen LogP contribution in [0.15, 0.2) is 12.5 Å². The van der Waals surface area contributed by atoms with E-state index in [0.717, 1.165) is 12.8 Å². The predicted octanol–water partition coefficient (Wildman–Crippen LogP) is 5.03. The molecule has 0 spiro atoms. The molecule has 0 saturated heterocycles. The van der Waals surface area contributed by atoms with Gasteiger partial charge in [0.1, 0.15) is 0 Å². The maximum absolute atomic E-state index is 12.0. The first kappa shape index (κ1) is 19.5. The SMILES string of the molecule is C=C(OCCCCCCCC)OP(=O)(OCC)OCC. The third-order valence-electron chi connectivity index (χ3n) is 2.55. The van der Waals surface area contributed by atoms with Crippen molar-refractivity contribution in [2.75, 3.05) is 19.8 Å². The second-order valence-electron chi connectivity index (χ2n) is 4.36. The highest BCUT2D eigenvalue weighted by Gasteiger charge is 2.28. The molecule has 0 heterocycles. The van der Waals surface area contributed by atoms with Gasteiger partial charge in [0.15, 0.2) is 0 Å². The van der Waals surface area contributed by atoms with Gasteiger partial charge >= 0.3 is 7.82 Å². The Kier molecular flexibility index (Phi) is 11.9. The van der Waals surface area contributed by atoms with Gasteiger partial charge in [0, 0.05) is 0 Å². The lowest BCUT2D eigenvalue weighted by Gasteiger charge is -2.18. The fraction of sp³-hybridized carbons (Fsp3) is 0.857. The van der Waals surface area contributed by atoms with Crippen molar-refractivity contribution in [2.45, 2.75) is 59.3 Å². The molecule has 0 saturated carbocycles. The van der Waals surface area contributed by atoms with Gasteiger partial charge in [-0.15, -0.1) is 0 Å². The topological polar surface area (TPSA) is 54.0 Å². The Morgan fingerprint density at radius 3 is 2.05 bits per heavy atom. The highest BCUT2D eigenvalue weighted by atomic mass is 31.2. The number of hydrogen-bond donors (Lipinski definition) is 0. The van der Waals surface area contributed by atoms with E-state index < -0.39 is 7.82 Å². The molecule has 0 bridgehead atoms.